The van der Waals surface area contributed by atoms with Crippen molar-refractivity contribution in [2.75, 3.05) is 0 Å². The Bertz CT molecular complexity index is 195. The van der Waals surface area contributed by atoms with Gasteiger partial charge in [-0.15, -0.1) is 0 Å². The minimum Gasteiger partial charge on any atom is -0.267 e. The molecule has 0 aromatic carbocycles. The van der Waals surface area contributed by atoms with Crippen molar-refractivity contribution in [2.24, 2.45) is 15.9 Å². The van der Waals surface area contributed by atoms with E-state index < -0.39 is 0 Å². The molecule has 2 aliphatic rings. The Labute approximate surface area is 61.1 Å². The summed E-state index contributed by atoms with van der Waals surface area (Å²) in [6.07, 6.45) is 7.57. The summed E-state index contributed by atoms with van der Waals surface area (Å²) in [5.74, 6) is 0.623. The van der Waals surface area contributed by atoms with Crippen LogP contribution in [0, 0.1) is 5.92 Å². The van der Waals surface area contributed by atoms with Crippen LogP contribution in [0.4, 0.5) is 0 Å². The normalized spacial score (nSPS) is 43.9. The number of rotatable bonds is 0. The summed E-state index contributed by atoms with van der Waals surface area (Å²) in [4.78, 5) is 8.45. The van der Waals surface area contributed by atoms with Crippen LogP contribution >= 0.6 is 0 Å². The fourth-order valence-electron chi connectivity index (χ4n) is 1.88. The van der Waals surface area contributed by atoms with E-state index in [1.54, 1.807) is 6.34 Å². The van der Waals surface area contributed by atoms with Gasteiger partial charge in [0.2, 0.25) is 0 Å². The van der Waals surface area contributed by atoms with E-state index in [4.69, 9.17) is 0 Å². The molecule has 10 heavy (non-hydrogen) atoms. The first-order valence-electron chi connectivity index (χ1n) is 3.88. The minimum absolute atomic E-state index is 0.210. The van der Waals surface area contributed by atoms with Gasteiger partial charge in [-0.1, -0.05) is 6.42 Å². The van der Waals surface area contributed by atoms with Gasteiger partial charge in [0.05, 0.1) is 5.54 Å². The molecule has 0 aromatic rings. The maximum absolute atomic E-state index is 4.40. The summed E-state index contributed by atoms with van der Waals surface area (Å²) in [7, 11) is 0. The van der Waals surface area contributed by atoms with E-state index in [0.29, 0.717) is 5.92 Å². The molecule has 2 rings (SSSR count). The molecular weight excluding hydrogens is 124 g/mol. The van der Waals surface area contributed by atoms with E-state index in [-0.39, 0.29) is 5.54 Å². The molecule has 0 spiro atoms. The molecule has 0 N–H and O–H groups in total. The number of hydrogen-bond donors (Lipinski definition) is 0. The van der Waals surface area contributed by atoms with Crippen molar-refractivity contribution in [2.45, 2.75) is 31.7 Å². The number of hydrogen-bond acceptors (Lipinski definition) is 2. The molecule has 0 bridgehead atoms. The molecule has 1 heterocycles. The van der Waals surface area contributed by atoms with Crippen molar-refractivity contribution in [3.8, 4) is 0 Å². The molecule has 1 saturated carbocycles. The predicted octanol–water partition coefficient (Wildman–Crippen LogP) is 1.66. The Morgan fingerprint density at radius 3 is 3.30 bits per heavy atom. The standard InChI is InChI=1S/C8H12N2/c1-8-4-2-3-7(8)5-9-6-10-8/h5-7H,2-4H2,1H3. The average molecular weight is 136 g/mol. The molecular formula is C8H12N2. The van der Waals surface area contributed by atoms with E-state index >= 15 is 0 Å². The minimum atomic E-state index is 0.210. The van der Waals surface area contributed by atoms with Crippen LogP contribution < -0.4 is 0 Å². The second-order valence-corrected chi connectivity index (χ2v) is 3.40. The van der Waals surface area contributed by atoms with Gasteiger partial charge in [-0.05, 0) is 19.8 Å². The summed E-state index contributed by atoms with van der Waals surface area (Å²) in [5.41, 5.74) is 0.210. The van der Waals surface area contributed by atoms with Crippen LogP contribution in [0.15, 0.2) is 9.98 Å². The maximum atomic E-state index is 4.40. The van der Waals surface area contributed by atoms with Gasteiger partial charge in [-0.3, -0.25) is 4.99 Å². The summed E-state index contributed by atoms with van der Waals surface area (Å²) in [6.45, 7) is 2.23. The lowest BCUT2D eigenvalue weighted by Crippen LogP contribution is -2.30. The highest BCUT2D eigenvalue weighted by molar-refractivity contribution is 5.78. The van der Waals surface area contributed by atoms with Crippen LogP contribution in [0.2, 0.25) is 0 Å². The molecule has 2 nitrogen and oxygen atoms in total. The first-order valence-corrected chi connectivity index (χ1v) is 3.88. The average Bonchev–Trinajstić information content (AvgIpc) is 2.29. The predicted molar refractivity (Wildman–Crippen MR) is 42.7 cm³/mol. The third-order valence-electron chi connectivity index (χ3n) is 2.68. The second-order valence-electron chi connectivity index (χ2n) is 3.40. The van der Waals surface area contributed by atoms with Crippen LogP contribution in [0.5, 0.6) is 0 Å². The van der Waals surface area contributed by atoms with Gasteiger partial charge in [0.25, 0.3) is 0 Å². The van der Waals surface area contributed by atoms with Gasteiger partial charge in [-0.2, -0.15) is 0 Å². The summed E-state index contributed by atoms with van der Waals surface area (Å²) >= 11 is 0. The Morgan fingerprint density at radius 2 is 2.50 bits per heavy atom. The van der Waals surface area contributed by atoms with Crippen molar-refractivity contribution >= 4 is 12.6 Å². The molecule has 2 unspecified atom stereocenters. The van der Waals surface area contributed by atoms with Crippen LogP contribution in [0.25, 0.3) is 0 Å². The molecule has 0 aromatic heterocycles. The molecule has 0 amide bonds. The monoisotopic (exact) mass is 136 g/mol. The Morgan fingerprint density at radius 1 is 1.60 bits per heavy atom. The highest BCUT2D eigenvalue weighted by Crippen LogP contribution is 2.38. The molecule has 2 atom stereocenters. The number of nitrogens with zero attached hydrogens (tertiary/aromatic N) is 2. The van der Waals surface area contributed by atoms with E-state index in [2.05, 4.69) is 23.1 Å². The lowest BCUT2D eigenvalue weighted by atomic mass is 9.90. The zero-order valence-electron chi connectivity index (χ0n) is 6.25. The van der Waals surface area contributed by atoms with Crippen molar-refractivity contribution < 1.29 is 0 Å². The van der Waals surface area contributed by atoms with E-state index in [1.165, 1.54) is 19.3 Å². The highest BCUT2D eigenvalue weighted by atomic mass is 15.0. The molecule has 2 heteroatoms. The molecule has 1 aliphatic heterocycles. The Balaban J connectivity index is 2.30. The van der Waals surface area contributed by atoms with Gasteiger partial charge in [0, 0.05) is 12.1 Å². The van der Waals surface area contributed by atoms with Crippen molar-refractivity contribution in [1.82, 2.24) is 0 Å². The third kappa shape index (κ3) is 0.713. The fourth-order valence-corrected chi connectivity index (χ4v) is 1.88. The van der Waals surface area contributed by atoms with E-state index in [1.807, 2.05) is 0 Å². The van der Waals surface area contributed by atoms with E-state index in [0.717, 1.165) is 0 Å². The van der Waals surface area contributed by atoms with Crippen LogP contribution in [-0.2, 0) is 0 Å². The SMILES string of the molecule is CC12CCCC1C=NC=N2. The van der Waals surface area contributed by atoms with Crippen molar-refractivity contribution in [3.63, 3.8) is 0 Å². The van der Waals surface area contributed by atoms with Crippen LogP contribution in [0.3, 0.4) is 0 Å². The van der Waals surface area contributed by atoms with Gasteiger partial charge in [-0.25, -0.2) is 4.99 Å². The molecule has 0 saturated heterocycles. The summed E-state index contributed by atoms with van der Waals surface area (Å²) in [6, 6.07) is 0. The Hall–Kier alpha value is -0.660. The summed E-state index contributed by atoms with van der Waals surface area (Å²) in [5, 5.41) is 0. The smallest absolute Gasteiger partial charge is 0.110 e. The zero-order valence-corrected chi connectivity index (χ0v) is 6.25. The fraction of sp³-hybridized carbons (Fsp3) is 0.750. The lowest BCUT2D eigenvalue weighted by Gasteiger charge is -2.25. The molecule has 1 aliphatic carbocycles. The zero-order chi connectivity index (χ0) is 7.03. The van der Waals surface area contributed by atoms with Crippen LogP contribution in [0.1, 0.15) is 26.2 Å². The first-order chi connectivity index (χ1) is 4.81. The second kappa shape index (κ2) is 1.91. The molecule has 54 valence electrons. The van der Waals surface area contributed by atoms with E-state index in [9.17, 15) is 0 Å². The third-order valence-corrected chi connectivity index (χ3v) is 2.68. The highest BCUT2D eigenvalue weighted by Gasteiger charge is 2.38. The summed E-state index contributed by atoms with van der Waals surface area (Å²) < 4.78 is 0. The van der Waals surface area contributed by atoms with Crippen molar-refractivity contribution in [3.05, 3.63) is 0 Å². The van der Waals surface area contributed by atoms with Crippen LogP contribution in [-0.4, -0.2) is 18.1 Å². The van der Waals surface area contributed by atoms with Gasteiger partial charge in [0.15, 0.2) is 0 Å². The van der Waals surface area contributed by atoms with Gasteiger partial charge >= 0.3 is 0 Å². The number of aliphatic imine (C=N–C) groups is 2. The maximum Gasteiger partial charge on any atom is 0.110 e. The molecule has 1 fully saturated rings. The molecule has 0 radical (unpaired) electrons. The van der Waals surface area contributed by atoms with Crippen molar-refractivity contribution in [1.29, 1.82) is 0 Å². The topological polar surface area (TPSA) is 24.7 Å². The van der Waals surface area contributed by atoms with Gasteiger partial charge < -0.3 is 0 Å². The first kappa shape index (κ1) is 6.08. The quantitative estimate of drug-likeness (QED) is 0.484. The number of fused-ring (bicyclic) bond motifs is 1. The van der Waals surface area contributed by atoms with Gasteiger partial charge in [0.1, 0.15) is 6.34 Å². The largest absolute Gasteiger partial charge is 0.267 e. The Kier molecular flexibility index (Phi) is 1.16. The lowest BCUT2D eigenvalue weighted by molar-refractivity contribution is 0.432.